The third-order valence-corrected chi connectivity index (χ3v) is 2.67. The molecule has 1 atom stereocenters. The summed E-state index contributed by atoms with van der Waals surface area (Å²) in [5.41, 5.74) is 7.77. The van der Waals surface area contributed by atoms with E-state index in [4.69, 9.17) is 5.73 Å². The summed E-state index contributed by atoms with van der Waals surface area (Å²) < 4.78 is 0. The number of nitrogen functional groups attached to an aromatic ring is 1. The lowest BCUT2D eigenvalue weighted by molar-refractivity contribution is 0.404. The molecule has 14 heavy (non-hydrogen) atoms. The van der Waals surface area contributed by atoms with Crippen LogP contribution in [0.2, 0.25) is 0 Å². The number of hydrogen-bond acceptors (Lipinski definition) is 4. The number of anilines is 1. The molecule has 0 spiro atoms. The molecule has 1 aromatic heterocycles. The van der Waals surface area contributed by atoms with Crippen molar-refractivity contribution in [3.8, 4) is 0 Å². The van der Waals surface area contributed by atoms with Crippen LogP contribution in [0, 0.1) is 6.92 Å². The van der Waals surface area contributed by atoms with Crippen molar-refractivity contribution < 1.29 is 0 Å². The zero-order chi connectivity index (χ0) is 9.97. The fraction of sp³-hybridized carbons (Fsp3) is 0.600. The molecular weight excluding hydrogens is 176 g/mol. The summed E-state index contributed by atoms with van der Waals surface area (Å²) in [5.74, 6) is 0.373. The topological polar surface area (TPSA) is 63.8 Å². The van der Waals surface area contributed by atoms with Gasteiger partial charge in [-0.1, -0.05) is 6.42 Å². The normalized spacial score (nSPS) is 22.2. The van der Waals surface area contributed by atoms with Crippen LogP contribution in [0.4, 0.5) is 5.95 Å². The van der Waals surface area contributed by atoms with Crippen LogP contribution in [-0.2, 0) is 0 Å². The maximum atomic E-state index is 5.58. The molecule has 4 heteroatoms. The fourth-order valence-electron chi connectivity index (χ4n) is 1.91. The van der Waals surface area contributed by atoms with E-state index in [1.54, 1.807) is 6.20 Å². The molecule has 0 saturated carbocycles. The standard InChI is InChI=1S/C10H16N4/c1-7-6-13-10(11)14-9(7)8-4-2-3-5-12-8/h6,8,12H,2-5H2,1H3,(H2,11,13,14)/t8-/m1/s1. The van der Waals surface area contributed by atoms with Gasteiger partial charge < -0.3 is 11.1 Å². The van der Waals surface area contributed by atoms with Crippen LogP contribution in [0.1, 0.15) is 36.6 Å². The van der Waals surface area contributed by atoms with Crippen molar-refractivity contribution in [2.45, 2.75) is 32.2 Å². The minimum absolute atomic E-state index is 0.369. The molecule has 3 N–H and O–H groups in total. The van der Waals surface area contributed by atoms with Gasteiger partial charge in [0.1, 0.15) is 0 Å². The first-order valence-electron chi connectivity index (χ1n) is 5.10. The molecule has 0 aliphatic carbocycles. The van der Waals surface area contributed by atoms with Crippen molar-refractivity contribution in [1.82, 2.24) is 15.3 Å². The maximum absolute atomic E-state index is 5.58. The highest BCUT2D eigenvalue weighted by Gasteiger charge is 2.18. The first kappa shape index (κ1) is 9.40. The molecule has 0 radical (unpaired) electrons. The van der Waals surface area contributed by atoms with E-state index in [2.05, 4.69) is 15.3 Å². The minimum Gasteiger partial charge on any atom is -0.368 e. The van der Waals surface area contributed by atoms with Gasteiger partial charge in [-0.2, -0.15) is 0 Å². The quantitative estimate of drug-likeness (QED) is 0.701. The minimum atomic E-state index is 0.369. The molecule has 0 unspecified atom stereocenters. The van der Waals surface area contributed by atoms with E-state index >= 15 is 0 Å². The molecule has 2 heterocycles. The van der Waals surface area contributed by atoms with Gasteiger partial charge in [0.2, 0.25) is 5.95 Å². The van der Waals surface area contributed by atoms with Crippen LogP contribution in [-0.4, -0.2) is 16.5 Å². The van der Waals surface area contributed by atoms with Gasteiger partial charge in [0.15, 0.2) is 0 Å². The fourth-order valence-corrected chi connectivity index (χ4v) is 1.91. The zero-order valence-corrected chi connectivity index (χ0v) is 8.45. The van der Waals surface area contributed by atoms with Crippen molar-refractivity contribution in [1.29, 1.82) is 0 Å². The molecule has 1 aliphatic rings. The Kier molecular flexibility index (Phi) is 2.63. The second-order valence-electron chi connectivity index (χ2n) is 3.80. The molecule has 1 aliphatic heterocycles. The Morgan fingerprint density at radius 2 is 2.36 bits per heavy atom. The van der Waals surface area contributed by atoms with Gasteiger partial charge in [-0.3, -0.25) is 0 Å². The highest BCUT2D eigenvalue weighted by molar-refractivity contribution is 5.26. The Morgan fingerprint density at radius 1 is 1.50 bits per heavy atom. The molecule has 0 bridgehead atoms. The second-order valence-corrected chi connectivity index (χ2v) is 3.80. The van der Waals surface area contributed by atoms with E-state index < -0.39 is 0 Å². The first-order chi connectivity index (χ1) is 6.77. The molecule has 1 fully saturated rings. The van der Waals surface area contributed by atoms with Crippen LogP contribution < -0.4 is 11.1 Å². The third-order valence-electron chi connectivity index (χ3n) is 2.67. The van der Waals surface area contributed by atoms with Crippen LogP contribution in [0.3, 0.4) is 0 Å². The van der Waals surface area contributed by atoms with E-state index in [0.717, 1.165) is 24.2 Å². The number of nitrogens with one attached hydrogen (secondary N) is 1. The van der Waals surface area contributed by atoms with Crippen molar-refractivity contribution in [2.24, 2.45) is 0 Å². The number of nitrogens with zero attached hydrogens (tertiary/aromatic N) is 2. The summed E-state index contributed by atoms with van der Waals surface area (Å²) in [6, 6.07) is 0.369. The zero-order valence-electron chi connectivity index (χ0n) is 8.45. The summed E-state index contributed by atoms with van der Waals surface area (Å²) >= 11 is 0. The van der Waals surface area contributed by atoms with E-state index in [-0.39, 0.29) is 0 Å². The number of aromatic nitrogens is 2. The van der Waals surface area contributed by atoms with Crippen LogP contribution in [0.15, 0.2) is 6.20 Å². The molecule has 2 rings (SSSR count). The largest absolute Gasteiger partial charge is 0.368 e. The van der Waals surface area contributed by atoms with Gasteiger partial charge in [-0.05, 0) is 31.9 Å². The van der Waals surface area contributed by atoms with E-state index in [9.17, 15) is 0 Å². The summed E-state index contributed by atoms with van der Waals surface area (Å²) in [6.07, 6.45) is 5.47. The average molecular weight is 192 g/mol. The molecule has 1 saturated heterocycles. The Balaban J connectivity index is 2.24. The number of aryl methyl sites for hydroxylation is 1. The van der Waals surface area contributed by atoms with Crippen molar-refractivity contribution >= 4 is 5.95 Å². The van der Waals surface area contributed by atoms with Gasteiger partial charge in [-0.15, -0.1) is 0 Å². The van der Waals surface area contributed by atoms with Gasteiger partial charge in [0.05, 0.1) is 5.69 Å². The highest BCUT2D eigenvalue weighted by Crippen LogP contribution is 2.23. The maximum Gasteiger partial charge on any atom is 0.220 e. The van der Waals surface area contributed by atoms with Crippen molar-refractivity contribution in [3.05, 3.63) is 17.5 Å². The van der Waals surface area contributed by atoms with Gasteiger partial charge >= 0.3 is 0 Å². The lowest BCUT2D eigenvalue weighted by Gasteiger charge is -2.24. The van der Waals surface area contributed by atoms with Crippen molar-refractivity contribution in [3.63, 3.8) is 0 Å². The lowest BCUT2D eigenvalue weighted by Crippen LogP contribution is -2.28. The smallest absolute Gasteiger partial charge is 0.220 e. The SMILES string of the molecule is Cc1cnc(N)nc1[C@H]1CCCCN1. The van der Waals surface area contributed by atoms with Crippen molar-refractivity contribution in [2.75, 3.05) is 12.3 Å². The van der Waals surface area contributed by atoms with Crippen LogP contribution >= 0.6 is 0 Å². The Labute approximate surface area is 83.9 Å². The second kappa shape index (κ2) is 3.92. The third kappa shape index (κ3) is 1.85. The first-order valence-corrected chi connectivity index (χ1v) is 5.10. The molecule has 1 aromatic rings. The van der Waals surface area contributed by atoms with E-state index in [0.29, 0.717) is 12.0 Å². The summed E-state index contributed by atoms with van der Waals surface area (Å²) in [5, 5.41) is 3.46. The van der Waals surface area contributed by atoms with Crippen LogP contribution in [0.5, 0.6) is 0 Å². The predicted molar refractivity (Wildman–Crippen MR) is 55.8 cm³/mol. The Bertz CT molecular complexity index is 318. The number of piperidine rings is 1. The molecule has 0 amide bonds. The highest BCUT2D eigenvalue weighted by atomic mass is 15.0. The molecule has 4 nitrogen and oxygen atoms in total. The summed E-state index contributed by atoms with van der Waals surface area (Å²) in [7, 11) is 0. The lowest BCUT2D eigenvalue weighted by atomic mass is 9.99. The Hall–Kier alpha value is -1.16. The molecular formula is C10H16N4. The predicted octanol–water partition coefficient (Wildman–Crippen LogP) is 1.18. The summed E-state index contributed by atoms with van der Waals surface area (Å²) in [6.45, 7) is 3.11. The summed E-state index contributed by atoms with van der Waals surface area (Å²) in [4.78, 5) is 8.27. The molecule has 76 valence electrons. The van der Waals surface area contributed by atoms with Gasteiger partial charge in [0.25, 0.3) is 0 Å². The molecule has 0 aromatic carbocycles. The average Bonchev–Trinajstić information content (AvgIpc) is 2.23. The van der Waals surface area contributed by atoms with Gasteiger partial charge in [0, 0.05) is 12.2 Å². The van der Waals surface area contributed by atoms with Crippen LogP contribution in [0.25, 0.3) is 0 Å². The number of rotatable bonds is 1. The number of hydrogen-bond donors (Lipinski definition) is 2. The van der Waals surface area contributed by atoms with E-state index in [1.807, 2.05) is 6.92 Å². The van der Waals surface area contributed by atoms with E-state index in [1.165, 1.54) is 12.8 Å². The monoisotopic (exact) mass is 192 g/mol. The Morgan fingerprint density at radius 3 is 3.07 bits per heavy atom. The van der Waals surface area contributed by atoms with Gasteiger partial charge in [-0.25, -0.2) is 9.97 Å². The number of nitrogens with two attached hydrogens (primary N) is 1.